The van der Waals surface area contributed by atoms with Crippen molar-refractivity contribution in [3.8, 4) is 45.5 Å². The van der Waals surface area contributed by atoms with Crippen LogP contribution in [0.5, 0.6) is 0 Å². The second kappa shape index (κ2) is 14.4. The predicted molar refractivity (Wildman–Crippen MR) is 236 cm³/mol. The Morgan fingerprint density at radius 1 is 0.526 bits per heavy atom. The van der Waals surface area contributed by atoms with Gasteiger partial charge in [0, 0.05) is 55.5 Å². The summed E-state index contributed by atoms with van der Waals surface area (Å²) >= 11 is 0. The molecule has 0 aliphatic heterocycles. The summed E-state index contributed by atoms with van der Waals surface area (Å²) in [5.41, 5.74) is 11.0. The molecule has 0 saturated carbocycles. The lowest BCUT2D eigenvalue weighted by atomic mass is 9.93. The van der Waals surface area contributed by atoms with Crippen molar-refractivity contribution in [3.63, 3.8) is 0 Å². The highest BCUT2D eigenvalue weighted by atomic mass is 15.0. The lowest BCUT2D eigenvalue weighted by Gasteiger charge is -2.16. The lowest BCUT2D eigenvalue weighted by molar-refractivity contribution is 0.928. The molecule has 0 radical (unpaired) electrons. The molecule has 5 nitrogen and oxygen atoms in total. The summed E-state index contributed by atoms with van der Waals surface area (Å²) in [5.74, 6) is 2.08. The minimum absolute atomic E-state index is 0.148. The Balaban J connectivity index is 1.15. The van der Waals surface area contributed by atoms with Gasteiger partial charge in [0.2, 0.25) is 0 Å². The molecule has 0 N–H and O–H groups in total. The maximum Gasteiger partial charge on any atom is 0.164 e. The molecule has 0 fully saturated rings. The van der Waals surface area contributed by atoms with E-state index in [-0.39, 0.29) is 5.92 Å². The number of allylic oxidation sites excluding steroid dienone is 2. The smallest absolute Gasteiger partial charge is 0.164 e. The van der Waals surface area contributed by atoms with Gasteiger partial charge in [0.15, 0.2) is 17.5 Å². The number of fused-ring (bicyclic) bond motifs is 4. The molecule has 57 heavy (non-hydrogen) atoms. The Bertz CT molecular complexity index is 3080. The molecule has 6 aromatic carbocycles. The zero-order valence-electron chi connectivity index (χ0n) is 31.8. The fourth-order valence-electron chi connectivity index (χ4n) is 8.19. The van der Waals surface area contributed by atoms with Gasteiger partial charge >= 0.3 is 0 Å². The van der Waals surface area contributed by atoms with E-state index in [0.717, 1.165) is 33.6 Å². The second-order valence-electron chi connectivity index (χ2n) is 14.5. The molecule has 1 atom stereocenters. The van der Waals surface area contributed by atoms with Crippen LogP contribution in [-0.2, 0) is 0 Å². The van der Waals surface area contributed by atoms with Crippen molar-refractivity contribution >= 4 is 46.1 Å². The van der Waals surface area contributed by atoms with Gasteiger partial charge in [0.05, 0.1) is 22.1 Å². The van der Waals surface area contributed by atoms with Crippen molar-refractivity contribution in [2.75, 3.05) is 0 Å². The van der Waals surface area contributed by atoms with E-state index < -0.39 is 0 Å². The Hall–Kier alpha value is -7.37. The predicted octanol–water partition coefficient (Wildman–Crippen LogP) is 11.1. The van der Waals surface area contributed by atoms with Gasteiger partial charge in [-0.1, -0.05) is 153 Å². The second-order valence-corrected chi connectivity index (χ2v) is 14.5. The normalized spacial score (nSPS) is 14.6. The van der Waals surface area contributed by atoms with Gasteiger partial charge in [0.25, 0.3) is 0 Å². The molecule has 0 bridgehead atoms. The fraction of sp³-hybridized carbons (Fsp3) is 0.0577. The van der Waals surface area contributed by atoms with E-state index in [9.17, 15) is 0 Å². The van der Waals surface area contributed by atoms with Crippen LogP contribution >= 0.6 is 0 Å². The lowest BCUT2D eigenvalue weighted by Crippen LogP contribution is -2.32. The van der Waals surface area contributed by atoms with E-state index >= 15 is 0 Å². The van der Waals surface area contributed by atoms with Gasteiger partial charge in [-0.15, -0.1) is 0 Å². The highest BCUT2D eigenvalue weighted by Gasteiger charge is 2.21. The number of benzene rings is 6. The summed E-state index contributed by atoms with van der Waals surface area (Å²) in [6, 6.07) is 56.9. The number of para-hydroxylation sites is 3. The SMILES string of the molecule is C/C=C\c1c(/C=C2/C=c3c(n(-c4cccc(-c5nc(-c6ccccc6)nc(-c6ccccc6)n5)c4)c4ccccc34)=CC2C)n(-c2ccccc2)c2ccccc12. The molecule has 1 unspecified atom stereocenters. The number of aromatic nitrogens is 5. The van der Waals surface area contributed by atoms with Crippen LogP contribution in [0.2, 0.25) is 0 Å². The van der Waals surface area contributed by atoms with Gasteiger partial charge < -0.3 is 9.13 Å². The van der Waals surface area contributed by atoms with E-state index in [1.54, 1.807) is 0 Å². The van der Waals surface area contributed by atoms with Crippen molar-refractivity contribution in [3.05, 3.63) is 197 Å². The molecule has 9 aromatic rings. The molecule has 272 valence electrons. The fourth-order valence-corrected chi connectivity index (χ4v) is 8.19. The summed E-state index contributed by atoms with van der Waals surface area (Å²) in [7, 11) is 0. The molecule has 0 saturated heterocycles. The number of hydrogen-bond acceptors (Lipinski definition) is 3. The van der Waals surface area contributed by atoms with Crippen LogP contribution in [0.4, 0.5) is 0 Å². The molecule has 0 amide bonds. The Kier molecular flexibility index (Phi) is 8.61. The Morgan fingerprint density at radius 2 is 1.05 bits per heavy atom. The summed E-state index contributed by atoms with van der Waals surface area (Å²) in [6.45, 7) is 4.39. The van der Waals surface area contributed by atoms with Gasteiger partial charge in [-0.3, -0.25) is 0 Å². The third-order valence-electron chi connectivity index (χ3n) is 10.9. The maximum atomic E-state index is 5.04. The molecule has 1 aliphatic rings. The van der Waals surface area contributed by atoms with Crippen LogP contribution in [-0.4, -0.2) is 24.1 Å². The van der Waals surface area contributed by atoms with Gasteiger partial charge in [0.1, 0.15) is 0 Å². The van der Waals surface area contributed by atoms with Crippen molar-refractivity contribution < 1.29 is 0 Å². The van der Waals surface area contributed by atoms with Gasteiger partial charge in [-0.05, 0) is 61.0 Å². The van der Waals surface area contributed by atoms with Crippen LogP contribution in [0.15, 0.2) is 175 Å². The maximum absolute atomic E-state index is 5.04. The number of hydrogen-bond donors (Lipinski definition) is 0. The molecule has 3 heterocycles. The average molecular weight is 734 g/mol. The van der Waals surface area contributed by atoms with E-state index in [4.69, 9.17) is 15.0 Å². The average Bonchev–Trinajstić information content (AvgIpc) is 3.76. The third-order valence-corrected chi connectivity index (χ3v) is 10.9. The summed E-state index contributed by atoms with van der Waals surface area (Å²) in [5, 5.41) is 4.84. The largest absolute Gasteiger partial charge is 0.310 e. The van der Waals surface area contributed by atoms with E-state index in [1.807, 2.05) is 60.7 Å². The standard InChI is InChI=1S/C52H39N5/c1-3-18-42-43-27-13-15-29-46(43)56(40-24-11-6-12-25-40)49(42)34-39-33-45-44-28-14-16-30-47(44)57(48(45)31-35(39)2)41-26-17-23-38(32-41)52-54-50(36-19-7-4-8-20-36)53-51(55-52)37-21-9-5-10-22-37/h3-35H,1-2H3/b18-3-,39-34-. The summed E-state index contributed by atoms with van der Waals surface area (Å²) in [4.78, 5) is 15.0. The van der Waals surface area contributed by atoms with Crippen molar-refractivity contribution in [1.82, 2.24) is 24.1 Å². The van der Waals surface area contributed by atoms with Crippen molar-refractivity contribution in [1.29, 1.82) is 0 Å². The van der Waals surface area contributed by atoms with Crippen LogP contribution in [0.1, 0.15) is 25.1 Å². The van der Waals surface area contributed by atoms with E-state index in [2.05, 4.69) is 156 Å². The zero-order chi connectivity index (χ0) is 38.3. The zero-order valence-corrected chi connectivity index (χ0v) is 31.8. The molecular formula is C52H39N5. The van der Waals surface area contributed by atoms with Crippen LogP contribution in [0, 0.1) is 5.92 Å². The highest BCUT2D eigenvalue weighted by molar-refractivity contribution is 5.97. The minimum atomic E-state index is 0.148. The molecule has 10 rings (SSSR count). The van der Waals surface area contributed by atoms with Crippen LogP contribution in [0.25, 0.3) is 91.6 Å². The quantitative estimate of drug-likeness (QED) is 0.164. The van der Waals surface area contributed by atoms with Gasteiger partial charge in [-0.2, -0.15) is 0 Å². The monoisotopic (exact) mass is 733 g/mol. The van der Waals surface area contributed by atoms with E-state index in [1.165, 1.54) is 43.7 Å². The Morgan fingerprint density at radius 3 is 1.70 bits per heavy atom. The third kappa shape index (κ3) is 6.10. The highest BCUT2D eigenvalue weighted by Crippen LogP contribution is 2.34. The first-order valence-corrected chi connectivity index (χ1v) is 19.5. The first-order chi connectivity index (χ1) is 28.1. The number of nitrogens with zero attached hydrogens (tertiary/aromatic N) is 5. The molecular weight excluding hydrogens is 695 g/mol. The van der Waals surface area contributed by atoms with Crippen LogP contribution < -0.4 is 10.6 Å². The topological polar surface area (TPSA) is 48.5 Å². The molecule has 3 aromatic heterocycles. The van der Waals surface area contributed by atoms with Crippen molar-refractivity contribution in [2.45, 2.75) is 13.8 Å². The molecule has 1 aliphatic carbocycles. The molecule has 0 spiro atoms. The Labute approximate surface area is 331 Å². The molecule has 5 heteroatoms. The van der Waals surface area contributed by atoms with Crippen molar-refractivity contribution in [2.24, 2.45) is 5.92 Å². The first kappa shape index (κ1) is 34.1. The van der Waals surface area contributed by atoms with Gasteiger partial charge in [-0.25, -0.2) is 15.0 Å². The summed E-state index contributed by atoms with van der Waals surface area (Å²) < 4.78 is 4.79. The minimum Gasteiger partial charge on any atom is -0.310 e. The summed E-state index contributed by atoms with van der Waals surface area (Å²) in [6.07, 6.45) is 11.6. The first-order valence-electron chi connectivity index (χ1n) is 19.5. The number of rotatable bonds is 7. The van der Waals surface area contributed by atoms with E-state index in [0.29, 0.717) is 17.5 Å². The van der Waals surface area contributed by atoms with Crippen LogP contribution in [0.3, 0.4) is 0 Å².